The van der Waals surface area contributed by atoms with Crippen LogP contribution in [0.15, 0.2) is 57.7 Å². The SMILES string of the molecule is CO[Si](C)(CCC[N+]1(c2ccc3cc(-c4nc5ccccc5s4)c(=O)oc3c2)CCC1[Si](C)(OC)OC)OC. The summed E-state index contributed by atoms with van der Waals surface area (Å²) < 4.78 is 31.3. The highest BCUT2D eigenvalue weighted by molar-refractivity contribution is 7.21. The van der Waals surface area contributed by atoms with Gasteiger partial charge in [0.2, 0.25) is 0 Å². The minimum absolute atomic E-state index is 0.219. The van der Waals surface area contributed by atoms with Crippen LogP contribution in [0.25, 0.3) is 31.8 Å². The Balaban J connectivity index is 1.53. The Kier molecular flexibility index (Phi) is 7.97. The van der Waals surface area contributed by atoms with E-state index in [0.717, 1.165) is 57.7 Å². The van der Waals surface area contributed by atoms with E-state index in [1.54, 1.807) is 28.4 Å². The molecule has 1 aliphatic rings. The molecule has 0 amide bonds. The molecule has 4 aromatic rings. The summed E-state index contributed by atoms with van der Waals surface area (Å²) in [6, 6.07) is 16.9. The third kappa shape index (κ3) is 5.06. The number of quaternary nitrogens is 1. The molecule has 0 spiro atoms. The maximum atomic E-state index is 13.2. The summed E-state index contributed by atoms with van der Waals surface area (Å²) in [7, 11) is 2.31. The average molecular weight is 586 g/mol. The van der Waals surface area contributed by atoms with Crippen molar-refractivity contribution in [2.45, 2.75) is 37.6 Å². The van der Waals surface area contributed by atoms with Crippen LogP contribution in [0.5, 0.6) is 0 Å². The van der Waals surface area contributed by atoms with Gasteiger partial charge in [-0.2, -0.15) is 0 Å². The molecule has 1 aliphatic heterocycles. The molecule has 39 heavy (non-hydrogen) atoms. The molecule has 1 fully saturated rings. The van der Waals surface area contributed by atoms with Crippen LogP contribution in [0.3, 0.4) is 0 Å². The van der Waals surface area contributed by atoms with Gasteiger partial charge in [-0.1, -0.05) is 12.1 Å². The van der Waals surface area contributed by atoms with Crippen LogP contribution in [0.4, 0.5) is 5.69 Å². The lowest BCUT2D eigenvalue weighted by molar-refractivity contribution is 0.0937. The molecule has 1 saturated heterocycles. The van der Waals surface area contributed by atoms with E-state index in [-0.39, 0.29) is 11.3 Å². The number of benzene rings is 2. The molecule has 2 atom stereocenters. The van der Waals surface area contributed by atoms with E-state index >= 15 is 0 Å². The van der Waals surface area contributed by atoms with Crippen molar-refractivity contribution < 1.29 is 22.1 Å². The Bertz CT molecular complexity index is 1500. The molecule has 11 heteroatoms. The monoisotopic (exact) mass is 585 g/mol. The van der Waals surface area contributed by atoms with Gasteiger partial charge in [0, 0.05) is 39.9 Å². The molecular formula is C28H37N2O6SSi2+. The number of hydrogen-bond acceptors (Lipinski definition) is 8. The lowest BCUT2D eigenvalue weighted by atomic mass is 10.0. The highest BCUT2D eigenvalue weighted by Crippen LogP contribution is 2.43. The minimum Gasteiger partial charge on any atom is -0.422 e. The van der Waals surface area contributed by atoms with Crippen LogP contribution in [0, 0.1) is 0 Å². The quantitative estimate of drug-likeness (QED) is 0.125. The molecule has 0 radical (unpaired) electrons. The molecule has 2 aromatic carbocycles. The normalized spacial score (nSPS) is 20.0. The predicted molar refractivity (Wildman–Crippen MR) is 162 cm³/mol. The molecule has 0 aliphatic carbocycles. The van der Waals surface area contributed by atoms with Gasteiger partial charge in [0.1, 0.15) is 21.9 Å². The Morgan fingerprint density at radius 2 is 1.77 bits per heavy atom. The van der Waals surface area contributed by atoms with Crippen molar-refractivity contribution in [1.82, 2.24) is 9.47 Å². The Morgan fingerprint density at radius 1 is 1.03 bits per heavy atom. The molecule has 0 bridgehead atoms. The number of nitrogens with zero attached hydrogens (tertiary/aromatic N) is 2. The van der Waals surface area contributed by atoms with Crippen LogP contribution < -0.4 is 10.1 Å². The van der Waals surface area contributed by atoms with Gasteiger partial charge in [-0.3, -0.25) is 4.48 Å². The highest BCUT2D eigenvalue weighted by Gasteiger charge is 2.60. The fraction of sp³-hybridized carbons (Fsp3) is 0.429. The molecule has 0 N–H and O–H groups in total. The van der Waals surface area contributed by atoms with Crippen LogP contribution in [0.2, 0.25) is 19.1 Å². The highest BCUT2D eigenvalue weighted by atomic mass is 32.1. The summed E-state index contributed by atoms with van der Waals surface area (Å²) >= 11 is 1.50. The zero-order valence-corrected chi connectivity index (χ0v) is 26.3. The smallest absolute Gasteiger partial charge is 0.397 e. The van der Waals surface area contributed by atoms with Crippen molar-refractivity contribution in [1.29, 1.82) is 0 Å². The van der Waals surface area contributed by atoms with Gasteiger partial charge in [0.15, 0.2) is 0 Å². The topological polar surface area (TPSA) is 80.0 Å². The van der Waals surface area contributed by atoms with Crippen molar-refractivity contribution in [2.75, 3.05) is 41.5 Å². The molecule has 5 rings (SSSR count). The number of rotatable bonds is 11. The van der Waals surface area contributed by atoms with Gasteiger partial charge in [-0.15, -0.1) is 11.3 Å². The predicted octanol–water partition coefficient (Wildman–Crippen LogP) is 5.81. The van der Waals surface area contributed by atoms with E-state index in [2.05, 4.69) is 30.2 Å². The summed E-state index contributed by atoms with van der Waals surface area (Å²) in [6.45, 7) is 6.10. The summed E-state index contributed by atoms with van der Waals surface area (Å²) in [6.07, 6.45) is 1.96. The summed E-state index contributed by atoms with van der Waals surface area (Å²) in [5.41, 5.74) is 2.91. The molecule has 2 unspecified atom stereocenters. The maximum Gasteiger partial charge on any atom is 0.397 e. The van der Waals surface area contributed by atoms with Crippen molar-refractivity contribution in [3.05, 3.63) is 59.0 Å². The first-order valence-electron chi connectivity index (χ1n) is 13.2. The number of aromatic nitrogens is 1. The Hall–Kier alpha value is -2.23. The number of hydrogen-bond donors (Lipinski definition) is 0. The van der Waals surface area contributed by atoms with Crippen LogP contribution >= 0.6 is 11.3 Å². The largest absolute Gasteiger partial charge is 0.422 e. The van der Waals surface area contributed by atoms with Crippen molar-refractivity contribution in [3.63, 3.8) is 0 Å². The second kappa shape index (κ2) is 11.0. The van der Waals surface area contributed by atoms with Gasteiger partial charge in [0.25, 0.3) is 0 Å². The second-order valence-electron chi connectivity index (χ2n) is 10.5. The van der Waals surface area contributed by atoms with E-state index in [0.29, 0.717) is 16.2 Å². The van der Waals surface area contributed by atoms with Crippen molar-refractivity contribution in [2.24, 2.45) is 0 Å². The maximum absolute atomic E-state index is 13.2. The first-order valence-corrected chi connectivity index (χ1v) is 19.0. The van der Waals surface area contributed by atoms with Gasteiger partial charge in [-0.25, -0.2) is 9.78 Å². The Morgan fingerprint density at radius 3 is 2.41 bits per heavy atom. The minimum atomic E-state index is -2.47. The molecule has 3 heterocycles. The number of fused-ring (bicyclic) bond motifs is 2. The zero-order chi connectivity index (χ0) is 27.8. The number of thiazole rings is 1. The molecule has 208 valence electrons. The zero-order valence-electron chi connectivity index (χ0n) is 23.5. The van der Waals surface area contributed by atoms with Gasteiger partial charge in [-0.05, 0) is 55.9 Å². The van der Waals surface area contributed by atoms with Crippen LogP contribution in [0.1, 0.15) is 12.8 Å². The van der Waals surface area contributed by atoms with Gasteiger partial charge >= 0.3 is 22.7 Å². The third-order valence-electron chi connectivity index (χ3n) is 8.62. The lowest BCUT2D eigenvalue weighted by Crippen LogP contribution is -2.77. The summed E-state index contributed by atoms with van der Waals surface area (Å²) in [4.78, 5) is 17.8. The van der Waals surface area contributed by atoms with Crippen molar-refractivity contribution >= 4 is 55.3 Å². The van der Waals surface area contributed by atoms with E-state index in [1.807, 2.05) is 36.4 Å². The average Bonchev–Trinajstić information content (AvgIpc) is 3.38. The first kappa shape index (κ1) is 28.3. The van der Waals surface area contributed by atoms with Crippen molar-refractivity contribution in [3.8, 4) is 10.6 Å². The number of likely N-dealkylation sites (tertiary alicyclic amines) is 1. The van der Waals surface area contributed by atoms with Gasteiger partial charge < -0.3 is 22.1 Å². The molecular weight excluding hydrogens is 549 g/mol. The lowest BCUT2D eigenvalue weighted by Gasteiger charge is -2.55. The van der Waals surface area contributed by atoms with Crippen LogP contribution in [-0.2, 0) is 17.7 Å². The first-order chi connectivity index (χ1) is 18.7. The van der Waals surface area contributed by atoms with E-state index in [1.165, 1.54) is 11.3 Å². The second-order valence-corrected chi connectivity index (χ2v) is 18.6. The summed E-state index contributed by atoms with van der Waals surface area (Å²) in [5, 5.41) is 1.55. The third-order valence-corrected chi connectivity index (χ3v) is 16.3. The molecule has 2 aromatic heterocycles. The molecule has 0 saturated carbocycles. The van der Waals surface area contributed by atoms with E-state index < -0.39 is 17.1 Å². The van der Waals surface area contributed by atoms with Crippen LogP contribution in [-0.4, -0.2) is 69.3 Å². The standard InChI is InChI=1S/C28H37N2O6SSi2/c1-32-38(5,33-2)17-9-15-30(16-14-26(30)39(6,34-3)35-4)21-13-12-20-18-22(28(31)36-24(20)19-21)27-29-23-10-7-8-11-25(23)37-27/h7-8,10-13,18-19,26H,9,14-17H2,1-6H3/q+1. The molecule has 8 nitrogen and oxygen atoms in total. The van der Waals surface area contributed by atoms with E-state index in [9.17, 15) is 4.79 Å². The summed E-state index contributed by atoms with van der Waals surface area (Å²) in [5.74, 6) is 0. The van der Waals surface area contributed by atoms with E-state index in [4.69, 9.17) is 22.1 Å². The fourth-order valence-corrected chi connectivity index (χ4v) is 10.8. The van der Waals surface area contributed by atoms with Gasteiger partial charge in [0.05, 0.1) is 35.3 Å². The Labute approximate surface area is 235 Å². The fourth-order valence-electron chi connectivity index (χ4n) is 5.83. The number of para-hydroxylation sites is 1.